The summed E-state index contributed by atoms with van der Waals surface area (Å²) < 4.78 is 0. The molecule has 0 unspecified atom stereocenters. The smallest absolute Gasteiger partial charge is 0.0904 e. The van der Waals surface area contributed by atoms with E-state index in [1.165, 1.54) is 0 Å². The van der Waals surface area contributed by atoms with E-state index in [9.17, 15) is 5.21 Å². The number of hydrogen-bond acceptors (Lipinski definition) is 2. The molecule has 0 bridgehead atoms. The minimum absolute atomic E-state index is 0.162. The number of nitrogens with zero attached hydrogens (tertiary/aromatic N) is 1. The Balaban J connectivity index is 1.84. The summed E-state index contributed by atoms with van der Waals surface area (Å²) in [5.41, 5.74) is 2.59. The van der Waals surface area contributed by atoms with Gasteiger partial charge in [0.05, 0.1) is 5.71 Å². The van der Waals surface area contributed by atoms with Crippen LogP contribution in [0, 0.1) is 5.92 Å². The van der Waals surface area contributed by atoms with Gasteiger partial charge in [-0.2, -0.15) is 0 Å². The quantitative estimate of drug-likeness (QED) is 0.438. The predicted octanol–water partition coefficient (Wildman–Crippen LogP) is 5.63. The van der Waals surface area contributed by atoms with Gasteiger partial charge in [-0.3, -0.25) is 0 Å². The summed E-state index contributed by atoms with van der Waals surface area (Å²) in [5, 5.41) is 14.7. The van der Waals surface area contributed by atoms with Gasteiger partial charge in [-0.15, -0.1) is 0 Å². The Bertz CT molecular complexity index is 697. The first kappa shape index (κ1) is 14.7. The van der Waals surface area contributed by atoms with Crippen molar-refractivity contribution in [2.24, 2.45) is 11.1 Å². The van der Waals surface area contributed by atoms with Gasteiger partial charge < -0.3 is 5.21 Å². The standard InChI is InChI=1S/C16H12Cl3NO/c17-10-3-1-9(2-4-10)16(20-21)14-8-13(14)12-6-5-11(18)7-15(12)19/h1-7,13-14,21H,8H2/b20-16-/t13-,14+/m1/s1. The lowest BCUT2D eigenvalue weighted by atomic mass is 10.0. The molecule has 3 rings (SSSR count). The van der Waals surface area contributed by atoms with Crippen LogP contribution in [0.3, 0.4) is 0 Å². The third-order valence-electron chi connectivity index (χ3n) is 3.75. The van der Waals surface area contributed by atoms with Crippen LogP contribution in [0.25, 0.3) is 0 Å². The highest BCUT2D eigenvalue weighted by molar-refractivity contribution is 6.35. The van der Waals surface area contributed by atoms with E-state index in [2.05, 4.69) is 5.16 Å². The van der Waals surface area contributed by atoms with E-state index in [1.807, 2.05) is 24.3 Å². The normalized spacial score (nSPS) is 21.4. The highest BCUT2D eigenvalue weighted by atomic mass is 35.5. The molecule has 1 saturated carbocycles. The second-order valence-electron chi connectivity index (χ2n) is 5.11. The fraction of sp³-hybridized carbons (Fsp3) is 0.188. The van der Waals surface area contributed by atoms with Gasteiger partial charge >= 0.3 is 0 Å². The molecule has 0 saturated heterocycles. The van der Waals surface area contributed by atoms with Crippen molar-refractivity contribution >= 4 is 40.5 Å². The van der Waals surface area contributed by atoms with Crippen LogP contribution in [0.1, 0.15) is 23.5 Å². The monoisotopic (exact) mass is 339 g/mol. The summed E-state index contributed by atoms with van der Waals surface area (Å²) in [5.74, 6) is 0.422. The van der Waals surface area contributed by atoms with Crippen LogP contribution < -0.4 is 0 Å². The molecule has 2 aromatic rings. The topological polar surface area (TPSA) is 32.6 Å². The second-order valence-corrected chi connectivity index (χ2v) is 6.39. The Morgan fingerprint density at radius 1 is 1.00 bits per heavy atom. The van der Waals surface area contributed by atoms with Crippen molar-refractivity contribution in [2.75, 3.05) is 0 Å². The molecule has 2 nitrogen and oxygen atoms in total. The van der Waals surface area contributed by atoms with Gasteiger partial charge in [0.15, 0.2) is 0 Å². The van der Waals surface area contributed by atoms with Crippen LogP contribution in [-0.4, -0.2) is 10.9 Å². The van der Waals surface area contributed by atoms with Crippen LogP contribution in [0.2, 0.25) is 15.1 Å². The zero-order chi connectivity index (χ0) is 15.0. The Kier molecular flexibility index (Phi) is 4.12. The molecule has 1 aliphatic rings. The molecule has 0 aliphatic heterocycles. The summed E-state index contributed by atoms with van der Waals surface area (Å²) in [7, 11) is 0. The van der Waals surface area contributed by atoms with Gasteiger partial charge in [0.25, 0.3) is 0 Å². The van der Waals surface area contributed by atoms with E-state index in [4.69, 9.17) is 34.8 Å². The van der Waals surface area contributed by atoms with Crippen molar-refractivity contribution in [3.05, 3.63) is 68.7 Å². The number of rotatable bonds is 3. The zero-order valence-corrected chi connectivity index (χ0v) is 13.2. The molecule has 0 aromatic heterocycles. The molecule has 2 atom stereocenters. The first-order valence-electron chi connectivity index (χ1n) is 6.53. The van der Waals surface area contributed by atoms with Crippen LogP contribution in [0.4, 0.5) is 0 Å². The molecular formula is C16H12Cl3NO. The fourth-order valence-electron chi connectivity index (χ4n) is 2.61. The van der Waals surface area contributed by atoms with E-state index in [-0.39, 0.29) is 11.8 Å². The SMILES string of the molecule is O/N=C(/c1ccc(Cl)cc1)[C@H]1C[C@@H]1c1ccc(Cl)cc1Cl. The molecule has 5 heteroatoms. The van der Waals surface area contributed by atoms with E-state index in [1.54, 1.807) is 18.2 Å². The van der Waals surface area contributed by atoms with Crippen molar-refractivity contribution in [1.82, 2.24) is 0 Å². The van der Waals surface area contributed by atoms with E-state index in [0.717, 1.165) is 17.5 Å². The van der Waals surface area contributed by atoms with Crippen LogP contribution in [0.5, 0.6) is 0 Å². The molecule has 0 heterocycles. The van der Waals surface area contributed by atoms with E-state index >= 15 is 0 Å². The molecule has 0 amide bonds. The van der Waals surface area contributed by atoms with Crippen molar-refractivity contribution in [3.8, 4) is 0 Å². The third kappa shape index (κ3) is 3.03. The summed E-state index contributed by atoms with van der Waals surface area (Å²) in [6.45, 7) is 0. The molecule has 1 N–H and O–H groups in total. The summed E-state index contributed by atoms with van der Waals surface area (Å²) in [6, 6.07) is 12.8. The lowest BCUT2D eigenvalue weighted by Gasteiger charge is -2.06. The summed E-state index contributed by atoms with van der Waals surface area (Å²) in [6.07, 6.45) is 0.906. The predicted molar refractivity (Wildman–Crippen MR) is 87.1 cm³/mol. The number of oxime groups is 1. The van der Waals surface area contributed by atoms with Crippen molar-refractivity contribution < 1.29 is 5.21 Å². The highest BCUT2D eigenvalue weighted by Gasteiger charge is 2.43. The minimum atomic E-state index is 0.162. The fourth-order valence-corrected chi connectivity index (χ4v) is 3.28. The first-order valence-corrected chi connectivity index (χ1v) is 7.66. The summed E-state index contributed by atoms with van der Waals surface area (Å²) >= 11 is 18.0. The Labute approximate surface area is 137 Å². The number of hydrogen-bond donors (Lipinski definition) is 1. The van der Waals surface area contributed by atoms with Gasteiger partial charge in [-0.1, -0.05) is 58.2 Å². The molecule has 108 valence electrons. The lowest BCUT2D eigenvalue weighted by Crippen LogP contribution is -2.05. The van der Waals surface area contributed by atoms with Crippen LogP contribution in [-0.2, 0) is 0 Å². The van der Waals surface area contributed by atoms with Gasteiger partial charge in [0.1, 0.15) is 0 Å². The van der Waals surface area contributed by atoms with Gasteiger partial charge in [0, 0.05) is 21.0 Å². The number of halogens is 3. The average molecular weight is 341 g/mol. The summed E-state index contributed by atoms with van der Waals surface area (Å²) in [4.78, 5) is 0. The molecular weight excluding hydrogens is 329 g/mol. The zero-order valence-electron chi connectivity index (χ0n) is 10.9. The largest absolute Gasteiger partial charge is 0.411 e. The molecule has 21 heavy (non-hydrogen) atoms. The van der Waals surface area contributed by atoms with Crippen molar-refractivity contribution in [1.29, 1.82) is 0 Å². The average Bonchev–Trinajstić information content (AvgIpc) is 3.22. The van der Waals surface area contributed by atoms with Crippen molar-refractivity contribution in [2.45, 2.75) is 12.3 Å². The third-order valence-corrected chi connectivity index (χ3v) is 4.57. The van der Waals surface area contributed by atoms with Gasteiger partial charge in [0.2, 0.25) is 0 Å². The Morgan fingerprint density at radius 2 is 1.67 bits per heavy atom. The molecule has 0 radical (unpaired) electrons. The maximum Gasteiger partial charge on any atom is 0.0904 e. The number of benzene rings is 2. The highest BCUT2D eigenvalue weighted by Crippen LogP contribution is 2.51. The van der Waals surface area contributed by atoms with Crippen LogP contribution in [0.15, 0.2) is 47.6 Å². The first-order chi connectivity index (χ1) is 10.1. The van der Waals surface area contributed by atoms with Gasteiger partial charge in [-0.05, 0) is 47.7 Å². The van der Waals surface area contributed by atoms with Gasteiger partial charge in [-0.25, -0.2) is 0 Å². The second kappa shape index (κ2) is 5.88. The van der Waals surface area contributed by atoms with Crippen LogP contribution >= 0.6 is 34.8 Å². The molecule has 1 aliphatic carbocycles. The molecule has 1 fully saturated rings. The molecule has 2 aromatic carbocycles. The minimum Gasteiger partial charge on any atom is -0.411 e. The lowest BCUT2D eigenvalue weighted by molar-refractivity contribution is 0.317. The maximum absolute atomic E-state index is 9.34. The maximum atomic E-state index is 9.34. The Hall–Kier alpha value is -1.22. The van der Waals surface area contributed by atoms with E-state index in [0.29, 0.717) is 20.8 Å². The van der Waals surface area contributed by atoms with Crippen molar-refractivity contribution in [3.63, 3.8) is 0 Å². The Morgan fingerprint density at radius 3 is 2.29 bits per heavy atom. The molecule has 0 spiro atoms. The van der Waals surface area contributed by atoms with E-state index < -0.39 is 0 Å².